The van der Waals surface area contributed by atoms with Gasteiger partial charge in [-0.3, -0.25) is 10.1 Å². The van der Waals surface area contributed by atoms with Crippen molar-refractivity contribution in [3.63, 3.8) is 0 Å². The summed E-state index contributed by atoms with van der Waals surface area (Å²) in [6, 6.07) is 4.43. The smallest absolute Gasteiger partial charge is 0.269 e. The van der Waals surface area contributed by atoms with Gasteiger partial charge in [0.15, 0.2) is 0 Å². The van der Waals surface area contributed by atoms with Gasteiger partial charge in [-0.2, -0.15) is 0 Å². The molecule has 0 aliphatic rings. The van der Waals surface area contributed by atoms with Gasteiger partial charge in [-0.1, -0.05) is 44.7 Å². The lowest BCUT2D eigenvalue weighted by Gasteiger charge is -2.15. The predicted octanol–water partition coefficient (Wildman–Crippen LogP) is 4.98. The van der Waals surface area contributed by atoms with Crippen LogP contribution in [0.4, 0.5) is 5.69 Å². The average molecular weight is 300 g/mol. The minimum absolute atomic E-state index is 0.0472. The van der Waals surface area contributed by atoms with E-state index in [-0.39, 0.29) is 5.69 Å². The van der Waals surface area contributed by atoms with Crippen LogP contribution in [0.3, 0.4) is 0 Å². The molecule has 5 heteroatoms. The Hall–Kier alpha value is -1.13. The number of non-ortho nitro benzene ring substituents is 1. The van der Waals surface area contributed by atoms with Crippen molar-refractivity contribution in [3.05, 3.63) is 38.9 Å². The highest BCUT2D eigenvalue weighted by atomic mass is 35.5. The number of nitro benzene ring substituents is 1. The lowest BCUT2D eigenvalue weighted by Crippen LogP contribution is -2.09. The molecular formula is C15H22ClNO3. The van der Waals surface area contributed by atoms with Crippen LogP contribution < -0.4 is 0 Å². The zero-order chi connectivity index (χ0) is 15.0. The van der Waals surface area contributed by atoms with Crippen LogP contribution >= 0.6 is 11.6 Å². The number of rotatable bonds is 9. The predicted molar refractivity (Wildman–Crippen MR) is 81.1 cm³/mol. The summed E-state index contributed by atoms with van der Waals surface area (Å²) in [6.07, 6.45) is 4.64. The van der Waals surface area contributed by atoms with E-state index in [1.807, 2.05) is 0 Å². The molecule has 0 radical (unpaired) electrons. The maximum Gasteiger partial charge on any atom is 0.269 e. The molecule has 1 rings (SSSR count). The molecule has 0 saturated heterocycles. The summed E-state index contributed by atoms with van der Waals surface area (Å²) in [7, 11) is 0. The third kappa shape index (κ3) is 5.47. The Morgan fingerprint density at radius 2 is 2.15 bits per heavy atom. The zero-order valence-electron chi connectivity index (χ0n) is 12.1. The first-order valence-corrected chi connectivity index (χ1v) is 7.46. The van der Waals surface area contributed by atoms with Crippen molar-refractivity contribution in [2.75, 3.05) is 6.61 Å². The van der Waals surface area contributed by atoms with Crippen molar-refractivity contribution in [1.29, 1.82) is 0 Å². The van der Waals surface area contributed by atoms with Gasteiger partial charge in [-0.05, 0) is 18.4 Å². The van der Waals surface area contributed by atoms with Crippen molar-refractivity contribution in [2.24, 2.45) is 5.92 Å². The van der Waals surface area contributed by atoms with E-state index >= 15 is 0 Å². The van der Waals surface area contributed by atoms with Gasteiger partial charge in [0.25, 0.3) is 5.69 Å². The second-order valence-electron chi connectivity index (χ2n) is 4.96. The lowest BCUT2D eigenvalue weighted by molar-refractivity contribution is -0.384. The highest BCUT2D eigenvalue weighted by Crippen LogP contribution is 2.23. The quantitative estimate of drug-likeness (QED) is 0.477. The molecule has 0 amide bonds. The van der Waals surface area contributed by atoms with E-state index in [1.54, 1.807) is 6.07 Å². The molecule has 4 nitrogen and oxygen atoms in total. The summed E-state index contributed by atoms with van der Waals surface area (Å²) in [4.78, 5) is 10.3. The topological polar surface area (TPSA) is 52.4 Å². The van der Waals surface area contributed by atoms with Crippen molar-refractivity contribution >= 4 is 17.3 Å². The van der Waals surface area contributed by atoms with E-state index < -0.39 is 4.92 Å². The molecule has 0 spiro atoms. The first-order valence-electron chi connectivity index (χ1n) is 7.09. The third-order valence-electron chi connectivity index (χ3n) is 3.39. The molecule has 112 valence electrons. The van der Waals surface area contributed by atoms with Crippen LogP contribution in [-0.4, -0.2) is 11.5 Å². The maximum absolute atomic E-state index is 10.7. The Kier molecular flexibility index (Phi) is 7.55. The summed E-state index contributed by atoms with van der Waals surface area (Å²) in [6.45, 7) is 5.33. The summed E-state index contributed by atoms with van der Waals surface area (Å²) in [5, 5.41) is 11.2. The summed E-state index contributed by atoms with van der Waals surface area (Å²) in [5.41, 5.74) is 0.720. The van der Waals surface area contributed by atoms with E-state index in [1.165, 1.54) is 25.0 Å². The van der Waals surface area contributed by atoms with E-state index in [9.17, 15) is 10.1 Å². The molecule has 0 aliphatic carbocycles. The van der Waals surface area contributed by atoms with Crippen molar-refractivity contribution in [3.8, 4) is 0 Å². The lowest BCUT2D eigenvalue weighted by atomic mass is 10.0. The number of hydrogen-bond donors (Lipinski definition) is 0. The second kappa shape index (κ2) is 8.93. The minimum Gasteiger partial charge on any atom is -0.376 e. The Balaban J connectivity index is 2.52. The van der Waals surface area contributed by atoms with Gasteiger partial charge in [0, 0.05) is 29.3 Å². The van der Waals surface area contributed by atoms with Crippen LogP contribution in [0.1, 0.15) is 45.1 Å². The van der Waals surface area contributed by atoms with Crippen LogP contribution in [-0.2, 0) is 11.3 Å². The van der Waals surface area contributed by atoms with Gasteiger partial charge in [-0.15, -0.1) is 0 Å². The number of hydrogen-bond acceptors (Lipinski definition) is 3. The maximum atomic E-state index is 10.7. The fourth-order valence-electron chi connectivity index (χ4n) is 2.02. The summed E-state index contributed by atoms with van der Waals surface area (Å²) >= 11 is 6.03. The Morgan fingerprint density at radius 1 is 1.40 bits per heavy atom. The Bertz CT molecular complexity index is 437. The molecule has 0 fully saturated rings. The fourth-order valence-corrected chi connectivity index (χ4v) is 2.19. The molecule has 1 atom stereocenters. The number of benzene rings is 1. The van der Waals surface area contributed by atoms with Crippen LogP contribution in [0.2, 0.25) is 5.02 Å². The van der Waals surface area contributed by atoms with Gasteiger partial charge < -0.3 is 4.74 Å². The van der Waals surface area contributed by atoms with Gasteiger partial charge in [0.05, 0.1) is 11.5 Å². The van der Waals surface area contributed by atoms with Gasteiger partial charge in [0.1, 0.15) is 0 Å². The average Bonchev–Trinajstić information content (AvgIpc) is 2.44. The van der Waals surface area contributed by atoms with Gasteiger partial charge in [0.2, 0.25) is 0 Å². The number of ether oxygens (including phenoxy) is 1. The van der Waals surface area contributed by atoms with Crippen molar-refractivity contribution in [2.45, 2.75) is 46.1 Å². The first kappa shape index (κ1) is 16.9. The number of nitrogens with zero attached hydrogens (tertiary/aromatic N) is 1. The molecule has 0 N–H and O–H groups in total. The van der Waals surface area contributed by atoms with E-state index in [0.29, 0.717) is 29.7 Å². The van der Waals surface area contributed by atoms with Crippen molar-refractivity contribution in [1.82, 2.24) is 0 Å². The molecular weight excluding hydrogens is 278 g/mol. The molecule has 0 bridgehead atoms. The zero-order valence-corrected chi connectivity index (χ0v) is 12.9. The van der Waals surface area contributed by atoms with Gasteiger partial charge in [-0.25, -0.2) is 0 Å². The molecule has 0 saturated carbocycles. The SMILES string of the molecule is CCCCC(CC)COCc1cc([N+](=O)[O-])ccc1Cl. The third-order valence-corrected chi connectivity index (χ3v) is 3.76. The molecule has 1 aromatic rings. The van der Waals surface area contributed by atoms with Crippen molar-refractivity contribution < 1.29 is 9.66 Å². The van der Waals surface area contributed by atoms with Crippen LogP contribution in [0.5, 0.6) is 0 Å². The molecule has 1 aromatic carbocycles. The fraction of sp³-hybridized carbons (Fsp3) is 0.600. The van der Waals surface area contributed by atoms with Crippen LogP contribution in [0.15, 0.2) is 18.2 Å². The molecule has 20 heavy (non-hydrogen) atoms. The molecule has 0 aliphatic heterocycles. The molecule has 1 unspecified atom stereocenters. The second-order valence-corrected chi connectivity index (χ2v) is 5.37. The van der Waals surface area contributed by atoms with Crippen LogP contribution in [0, 0.1) is 16.0 Å². The highest BCUT2D eigenvalue weighted by molar-refractivity contribution is 6.31. The van der Waals surface area contributed by atoms with E-state index in [2.05, 4.69) is 13.8 Å². The Morgan fingerprint density at radius 3 is 2.75 bits per heavy atom. The van der Waals surface area contributed by atoms with Crippen LogP contribution in [0.25, 0.3) is 0 Å². The largest absolute Gasteiger partial charge is 0.376 e. The number of nitro groups is 1. The van der Waals surface area contributed by atoms with E-state index in [4.69, 9.17) is 16.3 Å². The summed E-state index contributed by atoms with van der Waals surface area (Å²) < 4.78 is 5.68. The highest BCUT2D eigenvalue weighted by Gasteiger charge is 2.11. The number of halogens is 1. The first-order chi connectivity index (χ1) is 9.58. The molecule has 0 aromatic heterocycles. The summed E-state index contributed by atoms with van der Waals surface area (Å²) in [5.74, 6) is 0.549. The normalized spacial score (nSPS) is 12.3. The van der Waals surface area contributed by atoms with Gasteiger partial charge >= 0.3 is 0 Å². The Labute approximate surface area is 125 Å². The van der Waals surface area contributed by atoms with E-state index in [0.717, 1.165) is 12.8 Å². The molecule has 0 heterocycles. The monoisotopic (exact) mass is 299 g/mol. The number of unbranched alkanes of at least 4 members (excludes halogenated alkanes) is 1. The minimum atomic E-state index is -0.421. The standard InChI is InChI=1S/C15H22ClNO3/c1-3-5-6-12(4-2)10-20-11-13-9-14(17(18)19)7-8-15(13)16/h7-9,12H,3-6,10-11H2,1-2H3.